The van der Waals surface area contributed by atoms with Crippen LogP contribution in [0.5, 0.6) is 0 Å². The van der Waals surface area contributed by atoms with E-state index in [2.05, 4.69) is 5.32 Å². The molecule has 0 aromatic carbocycles. The number of carbonyl (C=O) groups excluding carboxylic acids is 1. The van der Waals surface area contributed by atoms with Gasteiger partial charge in [0.25, 0.3) is 0 Å². The molecular weight excluding hydrogens is 289 g/mol. The number of halogens is 3. The maximum atomic E-state index is 12.8. The zero-order chi connectivity index (χ0) is 16.7. The van der Waals surface area contributed by atoms with Crippen LogP contribution in [0.25, 0.3) is 0 Å². The molecule has 0 aromatic heterocycles. The Morgan fingerprint density at radius 1 is 1.14 bits per heavy atom. The lowest BCUT2D eigenvalue weighted by atomic mass is 10.0. The predicted molar refractivity (Wildman–Crippen MR) is 72.0 cm³/mol. The number of alkyl halides is 3. The Balaban J connectivity index is 4.80. The molecule has 5 nitrogen and oxygen atoms in total. The Labute approximate surface area is 122 Å². The average Bonchev–Trinajstić information content (AvgIpc) is 2.34. The van der Waals surface area contributed by atoms with E-state index in [1.165, 1.54) is 5.32 Å². The monoisotopic (exact) mass is 312 g/mol. The van der Waals surface area contributed by atoms with Crippen molar-refractivity contribution in [2.45, 2.75) is 70.6 Å². The van der Waals surface area contributed by atoms with Gasteiger partial charge in [-0.2, -0.15) is 13.2 Å². The molecule has 0 aliphatic rings. The summed E-state index contributed by atoms with van der Waals surface area (Å²) in [6.07, 6.45) is -1.31. The van der Waals surface area contributed by atoms with Gasteiger partial charge in [-0.25, -0.2) is 9.59 Å². The van der Waals surface area contributed by atoms with Crippen molar-refractivity contribution in [1.82, 2.24) is 10.6 Å². The number of amides is 2. The molecule has 0 spiro atoms. The van der Waals surface area contributed by atoms with Gasteiger partial charge in [-0.15, -0.1) is 0 Å². The number of carboxylic acids is 1. The van der Waals surface area contributed by atoms with E-state index in [0.29, 0.717) is 19.8 Å². The van der Waals surface area contributed by atoms with E-state index >= 15 is 0 Å². The first-order valence-electron chi connectivity index (χ1n) is 6.97. The molecule has 2 atom stereocenters. The van der Waals surface area contributed by atoms with E-state index in [-0.39, 0.29) is 6.04 Å². The SMILES string of the molecule is CCCCC(CCC)NC(=O)NC(C)(C(=O)O)C(F)(F)F. The molecule has 0 aliphatic carbocycles. The predicted octanol–water partition coefficient (Wildman–Crippen LogP) is 3.05. The van der Waals surface area contributed by atoms with Crippen LogP contribution in [0, 0.1) is 0 Å². The molecule has 0 fully saturated rings. The normalized spacial score (nSPS) is 15.9. The first kappa shape index (κ1) is 19.5. The van der Waals surface area contributed by atoms with Crippen molar-refractivity contribution in [3.8, 4) is 0 Å². The topological polar surface area (TPSA) is 78.4 Å². The van der Waals surface area contributed by atoms with E-state index in [4.69, 9.17) is 5.11 Å². The number of carboxylic acid groups (broad SMARTS) is 1. The maximum absolute atomic E-state index is 12.8. The summed E-state index contributed by atoms with van der Waals surface area (Å²) >= 11 is 0. The highest BCUT2D eigenvalue weighted by atomic mass is 19.4. The number of rotatable bonds is 8. The van der Waals surface area contributed by atoms with Gasteiger partial charge in [-0.05, 0) is 19.8 Å². The number of urea groups is 1. The Kier molecular flexibility index (Phi) is 7.52. The molecule has 0 aliphatic heterocycles. The molecule has 21 heavy (non-hydrogen) atoms. The molecule has 124 valence electrons. The Morgan fingerprint density at radius 3 is 2.10 bits per heavy atom. The number of hydrogen-bond acceptors (Lipinski definition) is 2. The highest BCUT2D eigenvalue weighted by molar-refractivity contribution is 5.86. The van der Waals surface area contributed by atoms with Gasteiger partial charge in [-0.3, -0.25) is 0 Å². The molecule has 0 bridgehead atoms. The Hall–Kier alpha value is -1.47. The number of carbonyl (C=O) groups is 2. The van der Waals surface area contributed by atoms with Gasteiger partial charge >= 0.3 is 18.2 Å². The minimum Gasteiger partial charge on any atom is -0.479 e. The van der Waals surface area contributed by atoms with Gasteiger partial charge in [0.2, 0.25) is 5.54 Å². The van der Waals surface area contributed by atoms with Crippen LogP contribution >= 0.6 is 0 Å². The Morgan fingerprint density at radius 2 is 1.71 bits per heavy atom. The third kappa shape index (κ3) is 5.81. The van der Waals surface area contributed by atoms with Gasteiger partial charge in [0.15, 0.2) is 0 Å². The highest BCUT2D eigenvalue weighted by Gasteiger charge is 2.58. The van der Waals surface area contributed by atoms with Crippen molar-refractivity contribution in [2.24, 2.45) is 0 Å². The fourth-order valence-corrected chi connectivity index (χ4v) is 1.78. The summed E-state index contributed by atoms with van der Waals surface area (Å²) in [7, 11) is 0. The van der Waals surface area contributed by atoms with Crippen molar-refractivity contribution < 1.29 is 27.9 Å². The van der Waals surface area contributed by atoms with Crippen molar-refractivity contribution in [2.75, 3.05) is 0 Å². The number of unbranched alkanes of at least 4 members (excludes halogenated alkanes) is 1. The van der Waals surface area contributed by atoms with E-state index in [1.807, 2.05) is 13.8 Å². The van der Waals surface area contributed by atoms with Crippen LogP contribution in [0.4, 0.5) is 18.0 Å². The van der Waals surface area contributed by atoms with Crippen LogP contribution < -0.4 is 10.6 Å². The lowest BCUT2D eigenvalue weighted by molar-refractivity contribution is -0.203. The van der Waals surface area contributed by atoms with Crippen molar-refractivity contribution in [3.05, 3.63) is 0 Å². The summed E-state index contributed by atoms with van der Waals surface area (Å²) < 4.78 is 38.3. The molecular formula is C13H23F3N2O3. The fourth-order valence-electron chi connectivity index (χ4n) is 1.78. The average molecular weight is 312 g/mol. The molecule has 0 saturated carbocycles. The molecule has 0 rings (SSSR count). The van der Waals surface area contributed by atoms with Crippen LogP contribution in [-0.2, 0) is 4.79 Å². The molecule has 0 aromatic rings. The van der Waals surface area contributed by atoms with Crippen LogP contribution in [0.2, 0.25) is 0 Å². The molecule has 2 unspecified atom stereocenters. The smallest absolute Gasteiger partial charge is 0.422 e. The summed E-state index contributed by atoms with van der Waals surface area (Å²) in [5, 5.41) is 12.7. The Bertz CT molecular complexity index is 361. The second-order valence-corrected chi connectivity index (χ2v) is 5.15. The number of nitrogens with one attached hydrogen (secondary N) is 2. The van der Waals surface area contributed by atoms with Crippen LogP contribution in [-0.4, -0.2) is 34.9 Å². The maximum Gasteiger partial charge on any atom is 0.422 e. The molecule has 3 N–H and O–H groups in total. The molecule has 8 heteroatoms. The van der Waals surface area contributed by atoms with Crippen molar-refractivity contribution in [1.29, 1.82) is 0 Å². The van der Waals surface area contributed by atoms with E-state index in [0.717, 1.165) is 19.3 Å². The van der Waals surface area contributed by atoms with Crippen LogP contribution in [0.15, 0.2) is 0 Å². The highest BCUT2D eigenvalue weighted by Crippen LogP contribution is 2.30. The van der Waals surface area contributed by atoms with Gasteiger partial charge in [0.1, 0.15) is 0 Å². The number of hydrogen-bond donors (Lipinski definition) is 3. The van der Waals surface area contributed by atoms with Crippen LogP contribution in [0.3, 0.4) is 0 Å². The van der Waals surface area contributed by atoms with Crippen molar-refractivity contribution in [3.63, 3.8) is 0 Å². The van der Waals surface area contributed by atoms with Gasteiger partial charge in [0.05, 0.1) is 0 Å². The van der Waals surface area contributed by atoms with Gasteiger partial charge in [-0.1, -0.05) is 33.1 Å². The molecule has 2 amide bonds. The summed E-state index contributed by atoms with van der Waals surface area (Å²) in [5.74, 6) is -2.15. The molecule has 0 radical (unpaired) electrons. The third-order valence-corrected chi connectivity index (χ3v) is 3.24. The molecule has 0 saturated heterocycles. The lowest BCUT2D eigenvalue weighted by Gasteiger charge is -2.29. The van der Waals surface area contributed by atoms with Gasteiger partial charge in [0, 0.05) is 6.04 Å². The summed E-state index contributed by atoms with van der Waals surface area (Å²) in [5.41, 5.74) is -3.31. The van der Waals surface area contributed by atoms with Crippen molar-refractivity contribution >= 4 is 12.0 Å². The zero-order valence-corrected chi connectivity index (χ0v) is 12.5. The number of aliphatic carboxylic acids is 1. The largest absolute Gasteiger partial charge is 0.479 e. The standard InChI is InChI=1S/C13H23F3N2O3/c1-4-6-8-9(7-5-2)17-11(21)18-12(3,10(19)20)13(14,15)16/h9H,4-8H2,1-3H3,(H,19,20)(H2,17,18,21). The van der Waals surface area contributed by atoms with E-state index < -0.39 is 23.7 Å². The minimum absolute atomic E-state index is 0.263. The first-order valence-corrected chi connectivity index (χ1v) is 6.97. The van der Waals surface area contributed by atoms with Gasteiger partial charge < -0.3 is 15.7 Å². The zero-order valence-electron chi connectivity index (χ0n) is 12.5. The summed E-state index contributed by atoms with van der Waals surface area (Å²) in [4.78, 5) is 22.5. The minimum atomic E-state index is -5.08. The summed E-state index contributed by atoms with van der Waals surface area (Å²) in [6.45, 7) is 4.29. The van der Waals surface area contributed by atoms with E-state index in [9.17, 15) is 22.8 Å². The lowest BCUT2D eigenvalue weighted by Crippen LogP contribution is -2.64. The van der Waals surface area contributed by atoms with E-state index in [1.54, 1.807) is 0 Å². The second-order valence-electron chi connectivity index (χ2n) is 5.15. The third-order valence-electron chi connectivity index (χ3n) is 3.24. The fraction of sp³-hybridized carbons (Fsp3) is 0.846. The van der Waals surface area contributed by atoms with Crippen LogP contribution in [0.1, 0.15) is 52.9 Å². The molecule has 0 heterocycles. The quantitative estimate of drug-likeness (QED) is 0.644. The first-order chi connectivity index (χ1) is 9.58. The second kappa shape index (κ2) is 8.09. The summed E-state index contributed by atoms with van der Waals surface area (Å²) in [6, 6.07) is -1.38.